The number of fused-ring (bicyclic) bond motifs is 1. The third kappa shape index (κ3) is 5.37. The van der Waals surface area contributed by atoms with E-state index in [9.17, 15) is 9.59 Å². The van der Waals surface area contributed by atoms with Gasteiger partial charge in [0.15, 0.2) is 5.13 Å². The van der Waals surface area contributed by atoms with Crippen molar-refractivity contribution in [3.05, 3.63) is 88.2 Å². The van der Waals surface area contributed by atoms with Crippen LogP contribution in [-0.4, -0.2) is 52.0 Å². The zero-order valence-electron chi connectivity index (χ0n) is 20.2. The van der Waals surface area contributed by atoms with Crippen LogP contribution in [0, 0.1) is 0 Å². The minimum Gasteiger partial charge on any atom is -0.348 e. The van der Waals surface area contributed by atoms with Gasteiger partial charge in [-0.25, -0.2) is 4.98 Å². The summed E-state index contributed by atoms with van der Waals surface area (Å²) < 4.78 is 0. The number of benzene rings is 2. The molecule has 1 atom stereocenters. The number of aromatic nitrogens is 3. The average molecular weight is 501 g/mol. The van der Waals surface area contributed by atoms with Gasteiger partial charge in [-0.15, -0.1) is 11.3 Å². The van der Waals surface area contributed by atoms with E-state index in [1.807, 2.05) is 30.3 Å². The van der Waals surface area contributed by atoms with E-state index in [-0.39, 0.29) is 11.8 Å². The zero-order valence-corrected chi connectivity index (χ0v) is 21.1. The number of likely N-dealkylation sites (N-methyl/N-ethyl adjacent to an activating group) is 1. The number of amides is 2. The second-order valence-electron chi connectivity index (χ2n) is 9.15. The molecule has 0 saturated carbocycles. The van der Waals surface area contributed by atoms with Gasteiger partial charge in [-0.1, -0.05) is 24.3 Å². The number of hydrogen-bond donors (Lipinski definition) is 3. The Labute approximate surface area is 213 Å². The van der Waals surface area contributed by atoms with Crippen LogP contribution >= 0.6 is 11.3 Å². The Hall–Kier alpha value is -3.82. The molecule has 0 spiro atoms. The molecule has 2 heterocycles. The van der Waals surface area contributed by atoms with E-state index < -0.39 is 0 Å². The molecule has 0 saturated heterocycles. The van der Waals surface area contributed by atoms with Crippen LogP contribution in [-0.2, 0) is 19.4 Å². The number of thiazole rings is 1. The minimum absolute atomic E-state index is 0.181. The molecule has 2 aromatic heterocycles. The van der Waals surface area contributed by atoms with Gasteiger partial charge in [-0.2, -0.15) is 5.10 Å². The normalized spacial score (nSPS) is 14.9. The van der Waals surface area contributed by atoms with Gasteiger partial charge in [0.1, 0.15) is 0 Å². The summed E-state index contributed by atoms with van der Waals surface area (Å²) in [6.07, 6.45) is 6.49. The predicted molar refractivity (Wildman–Crippen MR) is 141 cm³/mol. The first-order valence-corrected chi connectivity index (χ1v) is 12.7. The van der Waals surface area contributed by atoms with E-state index in [4.69, 9.17) is 0 Å². The van der Waals surface area contributed by atoms with Crippen molar-refractivity contribution in [3.8, 4) is 11.1 Å². The number of H-pyrrole nitrogens is 1. The van der Waals surface area contributed by atoms with E-state index >= 15 is 0 Å². The number of carbonyl (C=O) groups excluding carboxylic acids is 2. The summed E-state index contributed by atoms with van der Waals surface area (Å²) in [7, 11) is 4.21. The highest BCUT2D eigenvalue weighted by molar-refractivity contribution is 7.15. The van der Waals surface area contributed by atoms with Gasteiger partial charge in [-0.3, -0.25) is 20.0 Å². The first-order chi connectivity index (χ1) is 17.5. The lowest BCUT2D eigenvalue weighted by atomic mass is 9.97. The second-order valence-corrected chi connectivity index (χ2v) is 10.2. The number of carbonyl (C=O) groups is 2. The number of hydrogen-bond acceptors (Lipinski definition) is 6. The Kier molecular flexibility index (Phi) is 6.92. The van der Waals surface area contributed by atoms with Gasteiger partial charge in [0, 0.05) is 40.4 Å². The number of nitrogens with one attached hydrogen (secondary N) is 3. The summed E-state index contributed by atoms with van der Waals surface area (Å²) in [6.45, 7) is 0.313. The molecule has 5 rings (SSSR count). The Balaban J connectivity index is 1.21. The van der Waals surface area contributed by atoms with Crippen molar-refractivity contribution in [1.82, 2.24) is 25.4 Å². The summed E-state index contributed by atoms with van der Waals surface area (Å²) >= 11 is 1.56. The Morgan fingerprint density at radius 1 is 1.08 bits per heavy atom. The van der Waals surface area contributed by atoms with E-state index in [0.717, 1.165) is 41.6 Å². The van der Waals surface area contributed by atoms with Crippen LogP contribution in [0.3, 0.4) is 0 Å². The van der Waals surface area contributed by atoms with Crippen molar-refractivity contribution in [1.29, 1.82) is 0 Å². The fraction of sp³-hybridized carbons (Fsp3) is 0.259. The molecule has 0 aliphatic heterocycles. The largest absolute Gasteiger partial charge is 0.348 e. The van der Waals surface area contributed by atoms with Gasteiger partial charge in [0.2, 0.25) is 0 Å². The average Bonchev–Trinajstić information content (AvgIpc) is 3.57. The summed E-state index contributed by atoms with van der Waals surface area (Å²) in [6, 6.07) is 15.2. The van der Waals surface area contributed by atoms with Crippen molar-refractivity contribution in [2.24, 2.45) is 0 Å². The van der Waals surface area contributed by atoms with Crippen molar-refractivity contribution >= 4 is 28.3 Å². The summed E-state index contributed by atoms with van der Waals surface area (Å²) in [5.41, 5.74) is 4.86. The van der Waals surface area contributed by atoms with Crippen molar-refractivity contribution in [2.45, 2.75) is 31.8 Å². The topological polar surface area (TPSA) is 103 Å². The summed E-state index contributed by atoms with van der Waals surface area (Å²) in [5.74, 6) is -0.383. The molecule has 0 fully saturated rings. The highest BCUT2D eigenvalue weighted by atomic mass is 32.1. The van der Waals surface area contributed by atoms with E-state index in [2.05, 4.69) is 44.8 Å². The van der Waals surface area contributed by atoms with E-state index in [1.165, 1.54) is 4.88 Å². The minimum atomic E-state index is -0.203. The van der Waals surface area contributed by atoms with Crippen molar-refractivity contribution < 1.29 is 9.59 Å². The molecule has 1 aliphatic rings. The third-order valence-electron chi connectivity index (χ3n) is 6.46. The summed E-state index contributed by atoms with van der Waals surface area (Å²) in [5, 5.41) is 13.3. The molecule has 9 heteroatoms. The maximum atomic E-state index is 12.9. The molecular formula is C27H28N6O2S. The first kappa shape index (κ1) is 23.9. The molecular weight excluding hydrogens is 472 g/mol. The molecule has 1 unspecified atom stereocenters. The van der Waals surface area contributed by atoms with Crippen LogP contribution in [0.1, 0.15) is 43.3 Å². The Bertz CT molecular complexity index is 1380. The molecule has 4 aromatic rings. The highest BCUT2D eigenvalue weighted by Crippen LogP contribution is 2.31. The fourth-order valence-electron chi connectivity index (χ4n) is 4.38. The van der Waals surface area contributed by atoms with Gasteiger partial charge < -0.3 is 10.2 Å². The lowest BCUT2D eigenvalue weighted by molar-refractivity contribution is 0.0950. The summed E-state index contributed by atoms with van der Waals surface area (Å²) in [4.78, 5) is 33.8. The second kappa shape index (κ2) is 10.4. The monoisotopic (exact) mass is 500 g/mol. The zero-order chi connectivity index (χ0) is 25.1. The number of anilines is 1. The molecule has 3 N–H and O–H groups in total. The van der Waals surface area contributed by atoms with Crippen LogP contribution in [0.25, 0.3) is 11.1 Å². The number of nitrogens with zero attached hydrogens (tertiary/aromatic N) is 3. The third-order valence-corrected chi connectivity index (χ3v) is 7.50. The lowest BCUT2D eigenvalue weighted by Gasteiger charge is -2.27. The van der Waals surface area contributed by atoms with Crippen LogP contribution in [0.4, 0.5) is 5.13 Å². The quantitative estimate of drug-likeness (QED) is 0.354. The van der Waals surface area contributed by atoms with Gasteiger partial charge in [0.05, 0.1) is 11.9 Å². The molecule has 0 bridgehead atoms. The molecule has 8 nitrogen and oxygen atoms in total. The van der Waals surface area contributed by atoms with Gasteiger partial charge in [0.25, 0.3) is 11.8 Å². The molecule has 184 valence electrons. The molecule has 0 radical (unpaired) electrons. The SMILES string of the molecule is CN(C)C1CCc2nc(NC(=O)c3cccc(CNC(=O)c4cccc(-c5cn[nH]c5)c4)c3)sc2C1. The van der Waals surface area contributed by atoms with Crippen LogP contribution in [0.5, 0.6) is 0 Å². The van der Waals surface area contributed by atoms with E-state index in [0.29, 0.717) is 28.8 Å². The number of aryl methyl sites for hydroxylation is 1. The fourth-order valence-corrected chi connectivity index (χ4v) is 5.45. The first-order valence-electron chi connectivity index (χ1n) is 11.9. The maximum Gasteiger partial charge on any atom is 0.257 e. The lowest BCUT2D eigenvalue weighted by Crippen LogP contribution is -2.32. The Morgan fingerprint density at radius 2 is 1.89 bits per heavy atom. The maximum absolute atomic E-state index is 12.9. The van der Waals surface area contributed by atoms with Crippen molar-refractivity contribution in [2.75, 3.05) is 19.4 Å². The van der Waals surface area contributed by atoms with Gasteiger partial charge >= 0.3 is 0 Å². The molecule has 1 aliphatic carbocycles. The van der Waals surface area contributed by atoms with Crippen LogP contribution < -0.4 is 10.6 Å². The number of aromatic amines is 1. The van der Waals surface area contributed by atoms with Crippen molar-refractivity contribution in [3.63, 3.8) is 0 Å². The molecule has 2 aromatic carbocycles. The molecule has 2 amide bonds. The van der Waals surface area contributed by atoms with E-state index in [1.54, 1.807) is 41.9 Å². The van der Waals surface area contributed by atoms with Gasteiger partial charge in [-0.05, 0) is 68.8 Å². The van der Waals surface area contributed by atoms with Crippen LogP contribution in [0.2, 0.25) is 0 Å². The standard InChI is InChI=1S/C27H28N6O2S/c1-33(2)22-9-10-23-24(13-22)36-27(31-23)32-26(35)19-7-3-5-17(11-19)14-28-25(34)20-8-4-6-18(12-20)21-15-29-30-16-21/h3-8,11-12,15-16,22H,9-10,13-14H2,1-2H3,(H,28,34)(H,29,30)(H,31,32,35). The predicted octanol–water partition coefficient (Wildman–Crippen LogP) is 4.13. The smallest absolute Gasteiger partial charge is 0.257 e. The Morgan fingerprint density at radius 3 is 2.67 bits per heavy atom. The van der Waals surface area contributed by atoms with Crippen LogP contribution in [0.15, 0.2) is 60.9 Å². The molecule has 36 heavy (non-hydrogen) atoms. The highest BCUT2D eigenvalue weighted by Gasteiger charge is 2.24. The number of rotatable bonds is 7.